The number of aryl methyl sites for hydroxylation is 2. The molecule has 4 nitrogen and oxygen atoms in total. The van der Waals surface area contributed by atoms with Crippen LogP contribution in [-0.4, -0.2) is 17.4 Å². The van der Waals surface area contributed by atoms with Crippen molar-refractivity contribution in [3.05, 3.63) is 74.9 Å². The van der Waals surface area contributed by atoms with E-state index < -0.39 is 0 Å². The number of H-pyrrole nitrogens is 1. The molecular formula is C23H22N2O2S. The van der Waals surface area contributed by atoms with Gasteiger partial charge in [0.15, 0.2) is 0 Å². The first-order valence-corrected chi connectivity index (χ1v) is 10.3. The monoisotopic (exact) mass is 390 g/mol. The molecule has 4 rings (SSSR count). The second-order valence-corrected chi connectivity index (χ2v) is 7.94. The molecule has 0 atom stereocenters. The predicted molar refractivity (Wildman–Crippen MR) is 118 cm³/mol. The van der Waals surface area contributed by atoms with Crippen molar-refractivity contribution in [1.82, 2.24) is 4.98 Å². The fourth-order valence-corrected chi connectivity index (χ4v) is 4.77. The van der Waals surface area contributed by atoms with E-state index in [4.69, 9.17) is 0 Å². The Morgan fingerprint density at radius 3 is 2.61 bits per heavy atom. The fourth-order valence-electron chi connectivity index (χ4n) is 3.64. The van der Waals surface area contributed by atoms with Gasteiger partial charge >= 0.3 is 0 Å². The number of pyridine rings is 1. The first-order chi connectivity index (χ1) is 13.5. The molecule has 4 aromatic rings. The van der Waals surface area contributed by atoms with Crippen molar-refractivity contribution in [3.63, 3.8) is 0 Å². The van der Waals surface area contributed by atoms with Crippen molar-refractivity contribution in [1.29, 1.82) is 0 Å². The van der Waals surface area contributed by atoms with Gasteiger partial charge in [0.05, 0.1) is 10.3 Å². The SMILES string of the molecule is CCc1ccccc1N(CC)C(=O)c1cc2c(=O)[nH]c3ccc(C)cc3c2s1. The van der Waals surface area contributed by atoms with Crippen LogP contribution in [0, 0.1) is 6.92 Å². The summed E-state index contributed by atoms with van der Waals surface area (Å²) in [5, 5.41) is 1.56. The minimum Gasteiger partial charge on any atom is -0.321 e. The van der Waals surface area contributed by atoms with Crippen LogP contribution < -0.4 is 10.5 Å². The van der Waals surface area contributed by atoms with Crippen LogP contribution >= 0.6 is 11.3 Å². The quantitative estimate of drug-likeness (QED) is 0.515. The van der Waals surface area contributed by atoms with Gasteiger partial charge in [-0.15, -0.1) is 11.3 Å². The van der Waals surface area contributed by atoms with Crippen LogP contribution in [0.25, 0.3) is 21.0 Å². The number of amides is 1. The summed E-state index contributed by atoms with van der Waals surface area (Å²) >= 11 is 1.40. The minimum absolute atomic E-state index is 0.0650. The molecule has 1 N–H and O–H groups in total. The van der Waals surface area contributed by atoms with Crippen LogP contribution in [0.4, 0.5) is 5.69 Å². The number of carbonyl (C=O) groups is 1. The molecule has 1 amide bonds. The van der Waals surface area contributed by atoms with Crippen LogP contribution in [0.15, 0.2) is 53.3 Å². The molecule has 0 fully saturated rings. The third kappa shape index (κ3) is 3.02. The summed E-state index contributed by atoms with van der Waals surface area (Å²) in [5.41, 5.74) is 3.84. The highest BCUT2D eigenvalue weighted by Crippen LogP contribution is 2.32. The molecule has 0 aliphatic carbocycles. The molecule has 2 heterocycles. The number of aromatic nitrogens is 1. The highest BCUT2D eigenvalue weighted by atomic mass is 32.1. The Morgan fingerprint density at radius 2 is 1.86 bits per heavy atom. The van der Waals surface area contributed by atoms with E-state index in [1.54, 1.807) is 11.0 Å². The minimum atomic E-state index is -0.154. The van der Waals surface area contributed by atoms with Gasteiger partial charge in [0.2, 0.25) is 0 Å². The number of fused-ring (bicyclic) bond motifs is 3. The molecule has 142 valence electrons. The average molecular weight is 391 g/mol. The van der Waals surface area contributed by atoms with Crippen LogP contribution in [-0.2, 0) is 6.42 Å². The van der Waals surface area contributed by atoms with Gasteiger partial charge in [-0.05, 0) is 50.1 Å². The van der Waals surface area contributed by atoms with Crippen molar-refractivity contribution in [2.45, 2.75) is 27.2 Å². The van der Waals surface area contributed by atoms with Gasteiger partial charge in [-0.1, -0.05) is 36.8 Å². The summed E-state index contributed by atoms with van der Waals surface area (Å²) in [4.78, 5) is 31.2. The Hall–Kier alpha value is -2.92. The van der Waals surface area contributed by atoms with Gasteiger partial charge in [0.1, 0.15) is 0 Å². The predicted octanol–water partition coefficient (Wildman–Crippen LogP) is 5.28. The van der Waals surface area contributed by atoms with E-state index in [2.05, 4.69) is 24.0 Å². The van der Waals surface area contributed by atoms with E-state index in [1.807, 2.05) is 44.2 Å². The van der Waals surface area contributed by atoms with Gasteiger partial charge in [-0.25, -0.2) is 0 Å². The molecule has 0 bridgehead atoms. The molecule has 0 aliphatic rings. The van der Waals surface area contributed by atoms with Crippen molar-refractivity contribution in [2.24, 2.45) is 0 Å². The normalized spacial score (nSPS) is 11.2. The molecule has 2 aromatic heterocycles. The van der Waals surface area contributed by atoms with Gasteiger partial charge in [0, 0.05) is 27.8 Å². The Bertz CT molecular complexity index is 1250. The molecule has 0 spiro atoms. The number of nitrogens with zero attached hydrogens (tertiary/aromatic N) is 1. The maximum absolute atomic E-state index is 13.4. The summed E-state index contributed by atoms with van der Waals surface area (Å²) in [6.07, 6.45) is 0.857. The van der Waals surface area contributed by atoms with Gasteiger partial charge in [-0.2, -0.15) is 0 Å². The number of aromatic amines is 1. The number of hydrogen-bond acceptors (Lipinski definition) is 3. The van der Waals surface area contributed by atoms with Crippen LogP contribution in [0.3, 0.4) is 0 Å². The maximum Gasteiger partial charge on any atom is 0.268 e. The summed E-state index contributed by atoms with van der Waals surface area (Å²) in [7, 11) is 0. The fraction of sp³-hybridized carbons (Fsp3) is 0.217. The van der Waals surface area contributed by atoms with Gasteiger partial charge < -0.3 is 9.88 Å². The molecular weight excluding hydrogens is 368 g/mol. The zero-order valence-electron chi connectivity index (χ0n) is 16.2. The summed E-state index contributed by atoms with van der Waals surface area (Å²) < 4.78 is 0.866. The van der Waals surface area contributed by atoms with Crippen molar-refractivity contribution in [2.75, 3.05) is 11.4 Å². The van der Waals surface area contributed by atoms with E-state index in [-0.39, 0.29) is 11.5 Å². The van der Waals surface area contributed by atoms with Crippen LogP contribution in [0.5, 0.6) is 0 Å². The average Bonchev–Trinajstić information content (AvgIpc) is 3.16. The molecule has 0 saturated carbocycles. The largest absolute Gasteiger partial charge is 0.321 e. The number of para-hydroxylation sites is 1. The second kappa shape index (κ2) is 7.24. The lowest BCUT2D eigenvalue weighted by Crippen LogP contribution is -2.30. The number of nitrogens with one attached hydrogen (secondary N) is 1. The molecule has 0 saturated heterocycles. The van der Waals surface area contributed by atoms with Crippen LogP contribution in [0.1, 0.15) is 34.6 Å². The Balaban J connectivity index is 1.87. The molecule has 0 unspecified atom stereocenters. The summed E-state index contributed by atoms with van der Waals surface area (Å²) in [6, 6.07) is 15.7. The Kier molecular flexibility index (Phi) is 4.77. The number of rotatable bonds is 4. The van der Waals surface area contributed by atoms with E-state index in [0.29, 0.717) is 16.8 Å². The topological polar surface area (TPSA) is 53.2 Å². The lowest BCUT2D eigenvalue weighted by atomic mass is 10.1. The van der Waals surface area contributed by atoms with E-state index in [0.717, 1.165) is 38.8 Å². The van der Waals surface area contributed by atoms with E-state index in [9.17, 15) is 9.59 Å². The molecule has 5 heteroatoms. The zero-order chi connectivity index (χ0) is 19.8. The lowest BCUT2D eigenvalue weighted by molar-refractivity contribution is 0.0992. The number of thiophene rings is 1. The zero-order valence-corrected chi connectivity index (χ0v) is 17.0. The summed E-state index contributed by atoms with van der Waals surface area (Å²) in [5.74, 6) is -0.0650. The summed E-state index contributed by atoms with van der Waals surface area (Å²) in [6.45, 7) is 6.66. The Morgan fingerprint density at radius 1 is 1.07 bits per heavy atom. The van der Waals surface area contributed by atoms with Gasteiger partial charge in [-0.3, -0.25) is 9.59 Å². The number of carbonyl (C=O) groups excluding carboxylic acids is 1. The number of benzene rings is 2. The smallest absolute Gasteiger partial charge is 0.268 e. The standard InChI is InChI=1S/C23H22N2O2S/c1-4-15-8-6-7-9-19(15)25(5-2)23(27)20-13-17-21(28-20)16-12-14(3)10-11-18(16)24-22(17)26/h6-13H,4-5H2,1-3H3,(H,24,26). The third-order valence-electron chi connectivity index (χ3n) is 5.08. The van der Waals surface area contributed by atoms with Crippen molar-refractivity contribution >= 4 is 43.9 Å². The number of anilines is 1. The highest BCUT2D eigenvalue weighted by Gasteiger charge is 2.21. The molecule has 0 aliphatic heterocycles. The van der Waals surface area contributed by atoms with Gasteiger partial charge in [0.25, 0.3) is 11.5 Å². The molecule has 28 heavy (non-hydrogen) atoms. The van der Waals surface area contributed by atoms with Crippen molar-refractivity contribution in [3.8, 4) is 0 Å². The second-order valence-electron chi connectivity index (χ2n) is 6.89. The lowest BCUT2D eigenvalue weighted by Gasteiger charge is -2.23. The van der Waals surface area contributed by atoms with Crippen LogP contribution in [0.2, 0.25) is 0 Å². The van der Waals surface area contributed by atoms with E-state index in [1.165, 1.54) is 11.3 Å². The number of hydrogen-bond donors (Lipinski definition) is 1. The van der Waals surface area contributed by atoms with E-state index >= 15 is 0 Å². The molecule has 0 radical (unpaired) electrons. The first-order valence-electron chi connectivity index (χ1n) is 9.49. The Labute approximate surface area is 167 Å². The highest BCUT2D eigenvalue weighted by molar-refractivity contribution is 7.21. The first kappa shape index (κ1) is 18.4. The maximum atomic E-state index is 13.4. The molecule has 2 aromatic carbocycles. The van der Waals surface area contributed by atoms with Crippen molar-refractivity contribution < 1.29 is 4.79 Å². The third-order valence-corrected chi connectivity index (χ3v) is 6.24.